The van der Waals surface area contributed by atoms with E-state index in [1.54, 1.807) is 24.4 Å². The lowest BCUT2D eigenvalue weighted by Crippen LogP contribution is -2.38. The number of ether oxygens (including phenoxy) is 1. The van der Waals surface area contributed by atoms with Gasteiger partial charge in [0.15, 0.2) is 5.65 Å². The van der Waals surface area contributed by atoms with Crippen LogP contribution in [0.2, 0.25) is 0 Å². The lowest BCUT2D eigenvalue weighted by molar-refractivity contribution is 0.122. The van der Waals surface area contributed by atoms with E-state index in [4.69, 9.17) is 4.74 Å². The Balaban J connectivity index is 1.85. The van der Waals surface area contributed by atoms with Gasteiger partial charge in [-0.25, -0.2) is 9.37 Å². The smallest absolute Gasteiger partial charge is 0.262 e. The monoisotopic (exact) mass is 326 g/mol. The van der Waals surface area contributed by atoms with Crippen molar-refractivity contribution in [3.05, 3.63) is 52.7 Å². The van der Waals surface area contributed by atoms with Crippen LogP contribution in [0.15, 0.2) is 41.3 Å². The molecule has 4 rings (SSSR count). The first-order valence-electron chi connectivity index (χ1n) is 7.70. The lowest BCUT2D eigenvalue weighted by Gasteiger charge is -2.27. The van der Waals surface area contributed by atoms with Crippen LogP contribution in [-0.2, 0) is 4.74 Å². The van der Waals surface area contributed by atoms with E-state index in [0.717, 1.165) is 5.56 Å². The van der Waals surface area contributed by atoms with Gasteiger partial charge in [0.05, 0.1) is 18.6 Å². The molecule has 0 radical (unpaired) electrons. The second-order valence-electron chi connectivity index (χ2n) is 5.55. The molecule has 24 heavy (non-hydrogen) atoms. The van der Waals surface area contributed by atoms with Gasteiger partial charge in [-0.1, -0.05) is 12.1 Å². The number of halogens is 1. The Labute approximate surface area is 136 Å². The largest absolute Gasteiger partial charge is 0.378 e. The topological polar surface area (TPSA) is 71.1 Å². The first-order valence-corrected chi connectivity index (χ1v) is 7.70. The van der Waals surface area contributed by atoms with Crippen molar-refractivity contribution in [3.8, 4) is 11.1 Å². The van der Waals surface area contributed by atoms with E-state index in [-0.39, 0.29) is 11.4 Å². The highest BCUT2D eigenvalue weighted by Gasteiger charge is 2.17. The zero-order valence-electron chi connectivity index (χ0n) is 12.8. The minimum absolute atomic E-state index is 0.256. The fraction of sp³-hybridized carbons (Fsp3) is 0.235. The van der Waals surface area contributed by atoms with Crippen LogP contribution in [0.4, 0.5) is 10.3 Å². The molecule has 1 fully saturated rings. The summed E-state index contributed by atoms with van der Waals surface area (Å²) in [6.45, 7) is 2.55. The maximum Gasteiger partial charge on any atom is 0.262 e. The zero-order valence-corrected chi connectivity index (χ0v) is 12.8. The Morgan fingerprint density at radius 3 is 2.62 bits per heavy atom. The highest BCUT2D eigenvalue weighted by molar-refractivity contribution is 5.92. The average molecular weight is 326 g/mol. The number of aromatic nitrogens is 3. The molecule has 1 aromatic carbocycles. The molecule has 6 nitrogen and oxygen atoms in total. The quantitative estimate of drug-likeness (QED) is 0.779. The standard InChI is InChI=1S/C17H15FN4O2/c18-12-3-1-11(2-4-12)13-5-6-19-15-14(13)16(23)21-17(20-15)22-7-9-24-10-8-22/h1-6H,7-10H2,(H,19,20,21,23). The maximum absolute atomic E-state index is 13.1. The molecule has 1 saturated heterocycles. The number of morpholine rings is 1. The van der Waals surface area contributed by atoms with E-state index < -0.39 is 0 Å². The van der Waals surface area contributed by atoms with Gasteiger partial charge < -0.3 is 9.64 Å². The van der Waals surface area contributed by atoms with E-state index in [1.165, 1.54) is 12.1 Å². The molecule has 2 aromatic heterocycles. The Kier molecular flexibility index (Phi) is 3.70. The summed E-state index contributed by atoms with van der Waals surface area (Å²) in [6.07, 6.45) is 1.61. The molecular formula is C17H15FN4O2. The highest BCUT2D eigenvalue weighted by Crippen LogP contribution is 2.25. The first-order chi connectivity index (χ1) is 11.7. The predicted octanol–water partition coefficient (Wildman–Crippen LogP) is 1.96. The summed E-state index contributed by atoms with van der Waals surface area (Å²) < 4.78 is 18.5. The molecule has 0 saturated carbocycles. The van der Waals surface area contributed by atoms with Crippen LogP contribution in [0.1, 0.15) is 0 Å². The molecule has 3 aromatic rings. The number of aromatic amines is 1. The zero-order chi connectivity index (χ0) is 16.5. The third kappa shape index (κ3) is 2.63. The maximum atomic E-state index is 13.1. The summed E-state index contributed by atoms with van der Waals surface area (Å²) in [5.41, 5.74) is 1.55. The molecule has 0 aliphatic carbocycles. The van der Waals surface area contributed by atoms with E-state index >= 15 is 0 Å². The van der Waals surface area contributed by atoms with Gasteiger partial charge >= 0.3 is 0 Å². The molecule has 1 aliphatic heterocycles. The summed E-state index contributed by atoms with van der Waals surface area (Å²) in [5.74, 6) is 0.179. The SMILES string of the molecule is O=c1[nH]c(N2CCOCC2)nc2nccc(-c3ccc(F)cc3)c12. The Morgan fingerprint density at radius 2 is 1.88 bits per heavy atom. The number of nitrogens with one attached hydrogen (secondary N) is 1. The molecule has 3 heterocycles. The molecule has 1 N–H and O–H groups in total. The molecular weight excluding hydrogens is 311 g/mol. The van der Waals surface area contributed by atoms with Crippen molar-refractivity contribution in [1.82, 2.24) is 15.0 Å². The lowest BCUT2D eigenvalue weighted by atomic mass is 10.0. The predicted molar refractivity (Wildman–Crippen MR) is 88.6 cm³/mol. The molecule has 1 aliphatic rings. The summed E-state index contributed by atoms with van der Waals surface area (Å²) in [4.78, 5) is 26.2. The van der Waals surface area contributed by atoms with Crippen molar-refractivity contribution in [2.24, 2.45) is 0 Å². The van der Waals surface area contributed by atoms with E-state index in [1.807, 2.05) is 4.90 Å². The fourth-order valence-corrected chi connectivity index (χ4v) is 2.85. The normalized spacial score (nSPS) is 15.0. The van der Waals surface area contributed by atoms with Crippen LogP contribution < -0.4 is 10.5 Å². The summed E-state index contributed by atoms with van der Waals surface area (Å²) in [6, 6.07) is 7.75. The number of fused-ring (bicyclic) bond motifs is 1. The van der Waals surface area contributed by atoms with Crippen LogP contribution in [0.5, 0.6) is 0 Å². The second kappa shape index (κ2) is 6.01. The van der Waals surface area contributed by atoms with Gasteiger partial charge in [-0.05, 0) is 29.3 Å². The van der Waals surface area contributed by atoms with Crippen molar-refractivity contribution in [3.63, 3.8) is 0 Å². The Hall–Kier alpha value is -2.80. The second-order valence-corrected chi connectivity index (χ2v) is 5.55. The third-order valence-electron chi connectivity index (χ3n) is 4.06. The van der Waals surface area contributed by atoms with Crippen molar-refractivity contribution in [2.45, 2.75) is 0 Å². The van der Waals surface area contributed by atoms with Gasteiger partial charge in [0.25, 0.3) is 5.56 Å². The molecule has 0 spiro atoms. The van der Waals surface area contributed by atoms with E-state index in [9.17, 15) is 9.18 Å². The van der Waals surface area contributed by atoms with Crippen molar-refractivity contribution in [2.75, 3.05) is 31.2 Å². The fourth-order valence-electron chi connectivity index (χ4n) is 2.85. The molecule has 0 amide bonds. The number of pyridine rings is 1. The van der Waals surface area contributed by atoms with Crippen LogP contribution in [0.25, 0.3) is 22.2 Å². The summed E-state index contributed by atoms with van der Waals surface area (Å²) >= 11 is 0. The molecule has 7 heteroatoms. The van der Waals surface area contributed by atoms with Crippen molar-refractivity contribution < 1.29 is 9.13 Å². The Morgan fingerprint density at radius 1 is 1.12 bits per heavy atom. The molecule has 122 valence electrons. The van der Waals surface area contributed by atoms with Gasteiger partial charge in [-0.15, -0.1) is 0 Å². The number of hydrogen-bond donors (Lipinski definition) is 1. The number of hydrogen-bond acceptors (Lipinski definition) is 5. The van der Waals surface area contributed by atoms with Crippen LogP contribution >= 0.6 is 0 Å². The molecule has 0 unspecified atom stereocenters. The van der Waals surface area contributed by atoms with Gasteiger partial charge in [0.2, 0.25) is 5.95 Å². The Bertz CT molecular complexity index is 933. The third-order valence-corrected chi connectivity index (χ3v) is 4.06. The van der Waals surface area contributed by atoms with Crippen molar-refractivity contribution >= 4 is 17.0 Å². The van der Waals surface area contributed by atoms with E-state index in [0.29, 0.717) is 48.8 Å². The first kappa shape index (κ1) is 14.8. The van der Waals surface area contributed by atoms with Crippen LogP contribution in [0.3, 0.4) is 0 Å². The van der Waals surface area contributed by atoms with Crippen LogP contribution in [-0.4, -0.2) is 41.3 Å². The van der Waals surface area contributed by atoms with Gasteiger partial charge in [0.1, 0.15) is 5.82 Å². The van der Waals surface area contributed by atoms with Crippen LogP contribution in [0, 0.1) is 5.82 Å². The number of H-pyrrole nitrogens is 1. The van der Waals surface area contributed by atoms with Gasteiger partial charge in [-0.2, -0.15) is 4.98 Å². The number of nitrogens with zero attached hydrogens (tertiary/aromatic N) is 3. The van der Waals surface area contributed by atoms with Gasteiger partial charge in [0, 0.05) is 19.3 Å². The molecule has 0 bridgehead atoms. The molecule has 0 atom stereocenters. The van der Waals surface area contributed by atoms with E-state index in [2.05, 4.69) is 15.0 Å². The minimum atomic E-state index is -0.321. The number of rotatable bonds is 2. The summed E-state index contributed by atoms with van der Waals surface area (Å²) in [7, 11) is 0. The van der Waals surface area contributed by atoms with Gasteiger partial charge in [-0.3, -0.25) is 9.78 Å². The summed E-state index contributed by atoms with van der Waals surface area (Å²) in [5, 5.41) is 0.404. The average Bonchev–Trinajstić information content (AvgIpc) is 2.62. The van der Waals surface area contributed by atoms with Crippen molar-refractivity contribution in [1.29, 1.82) is 0 Å². The highest BCUT2D eigenvalue weighted by atomic mass is 19.1. The number of anilines is 1. The minimum Gasteiger partial charge on any atom is -0.378 e. The number of benzene rings is 1.